The summed E-state index contributed by atoms with van der Waals surface area (Å²) < 4.78 is 5.39. The number of carbonyl (C=O) groups excluding carboxylic acids is 1. The number of nitrogens with zero attached hydrogens (tertiary/aromatic N) is 1. The Balaban J connectivity index is 2.40. The standard InChI is InChI=1S/C13H21N3O2/c1-3-5-8-15-13(17)16-10-11-7-6-9-14-12(11)18-4-2/h6-7,9H,3-5,8,10H2,1-2H3,(H2,15,16,17). The molecule has 0 aliphatic carbocycles. The molecule has 18 heavy (non-hydrogen) atoms. The van der Waals surface area contributed by atoms with Crippen LogP contribution in [0.25, 0.3) is 0 Å². The van der Waals surface area contributed by atoms with E-state index in [0.717, 1.165) is 18.4 Å². The molecule has 0 saturated carbocycles. The van der Waals surface area contributed by atoms with E-state index in [1.165, 1.54) is 0 Å². The second kappa shape index (κ2) is 8.33. The highest BCUT2D eigenvalue weighted by molar-refractivity contribution is 5.73. The van der Waals surface area contributed by atoms with Crippen LogP contribution in [0.4, 0.5) is 4.79 Å². The quantitative estimate of drug-likeness (QED) is 0.729. The van der Waals surface area contributed by atoms with Gasteiger partial charge in [0.1, 0.15) is 0 Å². The molecule has 0 spiro atoms. The van der Waals surface area contributed by atoms with Crippen molar-refractivity contribution in [1.82, 2.24) is 15.6 Å². The van der Waals surface area contributed by atoms with E-state index in [1.54, 1.807) is 6.20 Å². The number of unbranched alkanes of at least 4 members (excludes halogenated alkanes) is 1. The minimum absolute atomic E-state index is 0.158. The van der Waals surface area contributed by atoms with Gasteiger partial charge in [-0.3, -0.25) is 0 Å². The predicted octanol–water partition coefficient (Wildman–Crippen LogP) is 2.08. The molecule has 1 aromatic heterocycles. The zero-order chi connectivity index (χ0) is 13.2. The molecular formula is C13H21N3O2. The number of hydrogen-bond donors (Lipinski definition) is 2. The van der Waals surface area contributed by atoms with Gasteiger partial charge in [-0.1, -0.05) is 19.4 Å². The van der Waals surface area contributed by atoms with Gasteiger partial charge < -0.3 is 15.4 Å². The lowest BCUT2D eigenvalue weighted by atomic mass is 10.2. The van der Waals surface area contributed by atoms with Crippen LogP contribution in [0.1, 0.15) is 32.3 Å². The minimum Gasteiger partial charge on any atom is -0.478 e. The number of nitrogens with one attached hydrogen (secondary N) is 2. The Morgan fingerprint density at radius 1 is 1.39 bits per heavy atom. The molecule has 100 valence electrons. The fourth-order valence-electron chi connectivity index (χ4n) is 1.44. The van der Waals surface area contributed by atoms with E-state index in [9.17, 15) is 4.79 Å². The van der Waals surface area contributed by atoms with Gasteiger partial charge in [-0.15, -0.1) is 0 Å². The number of carbonyl (C=O) groups is 1. The lowest BCUT2D eigenvalue weighted by Gasteiger charge is -2.10. The van der Waals surface area contributed by atoms with Gasteiger partial charge in [-0.05, 0) is 19.4 Å². The molecule has 0 aliphatic heterocycles. The van der Waals surface area contributed by atoms with Gasteiger partial charge in [0.15, 0.2) is 0 Å². The van der Waals surface area contributed by atoms with Gasteiger partial charge >= 0.3 is 6.03 Å². The van der Waals surface area contributed by atoms with Crippen molar-refractivity contribution in [2.24, 2.45) is 0 Å². The third-order valence-electron chi connectivity index (χ3n) is 2.39. The van der Waals surface area contributed by atoms with Crippen LogP contribution in [0.15, 0.2) is 18.3 Å². The fourth-order valence-corrected chi connectivity index (χ4v) is 1.44. The smallest absolute Gasteiger partial charge is 0.315 e. The summed E-state index contributed by atoms with van der Waals surface area (Å²) in [6, 6.07) is 3.56. The van der Waals surface area contributed by atoms with Gasteiger partial charge in [0.2, 0.25) is 5.88 Å². The van der Waals surface area contributed by atoms with Gasteiger partial charge in [-0.25, -0.2) is 9.78 Å². The van der Waals surface area contributed by atoms with E-state index < -0.39 is 0 Å². The maximum absolute atomic E-state index is 11.5. The van der Waals surface area contributed by atoms with Crippen molar-refractivity contribution < 1.29 is 9.53 Å². The van der Waals surface area contributed by atoms with Crippen LogP contribution < -0.4 is 15.4 Å². The Morgan fingerprint density at radius 2 is 2.22 bits per heavy atom. The number of aromatic nitrogens is 1. The topological polar surface area (TPSA) is 63.2 Å². The van der Waals surface area contributed by atoms with Gasteiger partial charge in [0.05, 0.1) is 6.61 Å². The highest BCUT2D eigenvalue weighted by Crippen LogP contribution is 2.13. The van der Waals surface area contributed by atoms with Crippen LogP contribution in [0.5, 0.6) is 5.88 Å². The number of urea groups is 1. The summed E-state index contributed by atoms with van der Waals surface area (Å²) in [5.74, 6) is 0.578. The summed E-state index contributed by atoms with van der Waals surface area (Å²) in [5, 5.41) is 5.58. The van der Waals surface area contributed by atoms with Gasteiger partial charge in [-0.2, -0.15) is 0 Å². The molecule has 0 atom stereocenters. The molecule has 0 saturated heterocycles. The zero-order valence-electron chi connectivity index (χ0n) is 11.0. The maximum atomic E-state index is 11.5. The van der Waals surface area contributed by atoms with Crippen molar-refractivity contribution in [2.45, 2.75) is 33.2 Å². The molecule has 1 rings (SSSR count). The summed E-state index contributed by atoms with van der Waals surface area (Å²) in [6.07, 6.45) is 3.73. The fraction of sp³-hybridized carbons (Fsp3) is 0.538. The molecule has 0 unspecified atom stereocenters. The molecule has 0 aromatic carbocycles. The molecule has 1 aromatic rings. The van der Waals surface area contributed by atoms with Gasteiger partial charge in [0, 0.05) is 24.8 Å². The van der Waals surface area contributed by atoms with Crippen LogP contribution in [0.2, 0.25) is 0 Å². The first-order valence-corrected chi connectivity index (χ1v) is 6.36. The molecular weight excluding hydrogens is 230 g/mol. The summed E-state index contributed by atoms with van der Waals surface area (Å²) in [5.41, 5.74) is 0.880. The van der Waals surface area contributed by atoms with E-state index >= 15 is 0 Å². The number of pyridine rings is 1. The van der Waals surface area contributed by atoms with E-state index in [2.05, 4.69) is 22.5 Å². The first kappa shape index (κ1) is 14.3. The predicted molar refractivity (Wildman–Crippen MR) is 70.6 cm³/mol. The van der Waals surface area contributed by atoms with Crippen molar-refractivity contribution >= 4 is 6.03 Å². The van der Waals surface area contributed by atoms with Crippen LogP contribution in [-0.2, 0) is 6.54 Å². The van der Waals surface area contributed by atoms with E-state index in [0.29, 0.717) is 25.6 Å². The van der Waals surface area contributed by atoms with Crippen molar-refractivity contribution in [3.05, 3.63) is 23.9 Å². The molecule has 0 bridgehead atoms. The molecule has 2 amide bonds. The molecule has 5 heteroatoms. The largest absolute Gasteiger partial charge is 0.478 e. The SMILES string of the molecule is CCCCNC(=O)NCc1cccnc1OCC. The van der Waals surface area contributed by atoms with E-state index in [1.807, 2.05) is 19.1 Å². The minimum atomic E-state index is -0.158. The first-order valence-electron chi connectivity index (χ1n) is 6.36. The Hall–Kier alpha value is -1.78. The lowest BCUT2D eigenvalue weighted by Crippen LogP contribution is -2.35. The highest BCUT2D eigenvalue weighted by Gasteiger charge is 2.05. The monoisotopic (exact) mass is 251 g/mol. The second-order valence-electron chi connectivity index (χ2n) is 3.86. The number of amides is 2. The van der Waals surface area contributed by atoms with Gasteiger partial charge in [0.25, 0.3) is 0 Å². The number of ether oxygens (including phenoxy) is 1. The summed E-state index contributed by atoms with van der Waals surface area (Å²) in [6.45, 7) is 5.68. The van der Waals surface area contributed by atoms with Crippen LogP contribution in [0, 0.1) is 0 Å². The molecule has 0 radical (unpaired) electrons. The average molecular weight is 251 g/mol. The van der Waals surface area contributed by atoms with E-state index in [4.69, 9.17) is 4.74 Å². The van der Waals surface area contributed by atoms with E-state index in [-0.39, 0.29) is 6.03 Å². The lowest BCUT2D eigenvalue weighted by molar-refractivity contribution is 0.240. The first-order chi connectivity index (χ1) is 8.77. The number of rotatable bonds is 7. The third-order valence-corrected chi connectivity index (χ3v) is 2.39. The molecule has 2 N–H and O–H groups in total. The average Bonchev–Trinajstić information content (AvgIpc) is 2.38. The summed E-state index contributed by atoms with van der Waals surface area (Å²) in [7, 11) is 0. The molecule has 0 fully saturated rings. The summed E-state index contributed by atoms with van der Waals surface area (Å²) in [4.78, 5) is 15.6. The second-order valence-corrected chi connectivity index (χ2v) is 3.86. The Kier molecular flexibility index (Phi) is 6.61. The zero-order valence-corrected chi connectivity index (χ0v) is 11.0. The highest BCUT2D eigenvalue weighted by atomic mass is 16.5. The van der Waals surface area contributed by atoms with Crippen molar-refractivity contribution in [3.63, 3.8) is 0 Å². The van der Waals surface area contributed by atoms with Crippen LogP contribution >= 0.6 is 0 Å². The van der Waals surface area contributed by atoms with Crippen LogP contribution in [0.3, 0.4) is 0 Å². The Labute approximate surface area is 108 Å². The molecule has 5 nitrogen and oxygen atoms in total. The number of hydrogen-bond acceptors (Lipinski definition) is 3. The summed E-state index contributed by atoms with van der Waals surface area (Å²) >= 11 is 0. The van der Waals surface area contributed by atoms with Crippen LogP contribution in [-0.4, -0.2) is 24.2 Å². The van der Waals surface area contributed by atoms with Crippen molar-refractivity contribution in [1.29, 1.82) is 0 Å². The molecule has 0 aliphatic rings. The normalized spacial score (nSPS) is 9.89. The van der Waals surface area contributed by atoms with Crippen molar-refractivity contribution in [2.75, 3.05) is 13.2 Å². The Bertz CT molecular complexity index is 369. The third kappa shape index (κ3) is 5.03. The van der Waals surface area contributed by atoms with Crippen molar-refractivity contribution in [3.8, 4) is 5.88 Å². The molecule has 1 heterocycles. The Morgan fingerprint density at radius 3 is 2.94 bits per heavy atom. The maximum Gasteiger partial charge on any atom is 0.315 e.